The second-order valence-electron chi connectivity index (χ2n) is 7.97. The molecule has 0 unspecified atom stereocenters. The number of hydrogen-bond donors (Lipinski definition) is 2. The minimum absolute atomic E-state index is 0.0323. The van der Waals surface area contributed by atoms with Crippen LogP contribution in [0.4, 0.5) is 22.9 Å². The van der Waals surface area contributed by atoms with Crippen LogP contribution in [0, 0.1) is 10.1 Å². The van der Waals surface area contributed by atoms with Crippen LogP contribution in [-0.2, 0) is 11.3 Å². The van der Waals surface area contributed by atoms with Crippen LogP contribution in [0.25, 0.3) is 0 Å². The number of benzene rings is 1. The van der Waals surface area contributed by atoms with E-state index in [0.29, 0.717) is 38.4 Å². The fourth-order valence-corrected chi connectivity index (χ4v) is 3.95. The Balaban J connectivity index is 1.68. The van der Waals surface area contributed by atoms with Gasteiger partial charge >= 0.3 is 5.69 Å². The summed E-state index contributed by atoms with van der Waals surface area (Å²) in [5, 5.41) is 11.3. The van der Waals surface area contributed by atoms with Crippen LogP contribution in [0.15, 0.2) is 33.9 Å². The van der Waals surface area contributed by atoms with E-state index < -0.39 is 16.2 Å². The van der Waals surface area contributed by atoms with Crippen LogP contribution in [0.2, 0.25) is 0 Å². The van der Waals surface area contributed by atoms with Crippen molar-refractivity contribution in [2.75, 3.05) is 55.3 Å². The van der Waals surface area contributed by atoms with E-state index in [9.17, 15) is 24.5 Å². The number of para-hydroxylation sites is 2. The third-order valence-corrected chi connectivity index (χ3v) is 5.76. The fourth-order valence-electron chi connectivity index (χ4n) is 3.95. The molecular weight excluding hydrogens is 430 g/mol. The number of nitrogen functional groups attached to an aromatic ring is 1. The third-order valence-electron chi connectivity index (χ3n) is 5.76. The van der Waals surface area contributed by atoms with Crippen molar-refractivity contribution in [2.45, 2.75) is 26.3 Å². The van der Waals surface area contributed by atoms with E-state index in [1.165, 1.54) is 15.5 Å². The van der Waals surface area contributed by atoms with Crippen LogP contribution in [0.5, 0.6) is 0 Å². The molecule has 178 valence electrons. The summed E-state index contributed by atoms with van der Waals surface area (Å²) in [6.07, 6.45) is 1.58. The Morgan fingerprint density at radius 2 is 1.88 bits per heavy atom. The number of nitro groups is 1. The normalized spacial score (nSPS) is 13.8. The van der Waals surface area contributed by atoms with Crippen LogP contribution >= 0.6 is 0 Å². The molecule has 1 aliphatic rings. The molecule has 0 bridgehead atoms. The van der Waals surface area contributed by atoms with Gasteiger partial charge in [-0.15, -0.1) is 0 Å². The van der Waals surface area contributed by atoms with Gasteiger partial charge in [0.15, 0.2) is 0 Å². The number of anilines is 3. The third kappa shape index (κ3) is 5.16. The lowest BCUT2D eigenvalue weighted by molar-refractivity contribution is -0.384. The summed E-state index contributed by atoms with van der Waals surface area (Å²) in [6, 6.07) is 6.53. The van der Waals surface area contributed by atoms with Crippen molar-refractivity contribution in [1.29, 1.82) is 0 Å². The topological polar surface area (TPSA) is 151 Å². The molecule has 0 aliphatic carbocycles. The van der Waals surface area contributed by atoms with Crippen molar-refractivity contribution in [1.82, 2.24) is 14.5 Å². The van der Waals surface area contributed by atoms with Crippen molar-refractivity contribution in [3.05, 3.63) is 55.2 Å². The maximum absolute atomic E-state index is 12.9. The smallest absolute Gasteiger partial charge is 0.330 e. The number of H-pyrrole nitrogens is 1. The number of nitrogens with zero attached hydrogens (tertiary/aromatic N) is 5. The second-order valence-corrected chi connectivity index (χ2v) is 7.97. The van der Waals surface area contributed by atoms with Gasteiger partial charge < -0.3 is 20.4 Å². The standard InChI is InChI=1S/C21H29N7O5/c1-3-4-9-27-19(22)18(20(30)23-21(27)31)24(2)14-17(29)26-12-10-25(11-13-26)15-7-5-6-8-16(15)28(32)33/h5-8H,3-4,9-14,22H2,1-2H3,(H,23,30,31). The molecule has 0 radical (unpaired) electrons. The van der Waals surface area contributed by atoms with E-state index in [1.54, 1.807) is 30.1 Å². The zero-order chi connectivity index (χ0) is 24.1. The number of nitro benzene ring substituents is 1. The molecule has 1 aromatic carbocycles. The zero-order valence-corrected chi connectivity index (χ0v) is 18.8. The van der Waals surface area contributed by atoms with Gasteiger partial charge in [0.1, 0.15) is 17.2 Å². The Morgan fingerprint density at radius 3 is 2.52 bits per heavy atom. The van der Waals surface area contributed by atoms with Gasteiger partial charge in [0.05, 0.1) is 11.5 Å². The molecule has 33 heavy (non-hydrogen) atoms. The number of carbonyl (C=O) groups excluding carboxylic acids is 1. The molecule has 0 atom stereocenters. The molecule has 12 nitrogen and oxygen atoms in total. The molecule has 1 aromatic heterocycles. The van der Waals surface area contributed by atoms with Gasteiger partial charge in [-0.25, -0.2) is 4.79 Å². The lowest BCUT2D eigenvalue weighted by Crippen LogP contribution is -2.51. The number of nitrogens with one attached hydrogen (secondary N) is 1. The molecule has 12 heteroatoms. The first-order chi connectivity index (χ1) is 15.7. The molecule has 3 N–H and O–H groups in total. The Hall–Kier alpha value is -3.83. The lowest BCUT2D eigenvalue weighted by atomic mass is 10.2. The van der Waals surface area contributed by atoms with Crippen molar-refractivity contribution in [3.8, 4) is 0 Å². The summed E-state index contributed by atoms with van der Waals surface area (Å²) in [5.41, 5.74) is 5.55. The monoisotopic (exact) mass is 459 g/mol. The van der Waals surface area contributed by atoms with Crippen molar-refractivity contribution >= 4 is 28.8 Å². The van der Waals surface area contributed by atoms with E-state index in [4.69, 9.17) is 5.73 Å². The lowest BCUT2D eigenvalue weighted by Gasteiger charge is -2.36. The summed E-state index contributed by atoms with van der Waals surface area (Å²) in [6.45, 7) is 3.94. The van der Waals surface area contributed by atoms with Gasteiger partial charge in [-0.05, 0) is 12.5 Å². The van der Waals surface area contributed by atoms with E-state index in [-0.39, 0.29) is 29.6 Å². The highest BCUT2D eigenvalue weighted by Crippen LogP contribution is 2.28. The predicted molar refractivity (Wildman–Crippen MR) is 126 cm³/mol. The average Bonchev–Trinajstić information content (AvgIpc) is 2.78. The number of amides is 1. The highest BCUT2D eigenvalue weighted by Gasteiger charge is 2.27. The number of unbranched alkanes of at least 4 members (excludes halogenated alkanes) is 1. The summed E-state index contributed by atoms with van der Waals surface area (Å²) < 4.78 is 1.31. The Labute approximate surface area is 190 Å². The molecule has 1 amide bonds. The predicted octanol–water partition coefficient (Wildman–Crippen LogP) is 0.612. The molecule has 1 fully saturated rings. The molecule has 2 aromatic rings. The van der Waals surface area contributed by atoms with Gasteiger partial charge in [0.2, 0.25) is 5.91 Å². The molecule has 0 spiro atoms. The van der Waals surface area contributed by atoms with E-state index >= 15 is 0 Å². The quantitative estimate of drug-likeness (QED) is 0.430. The zero-order valence-electron chi connectivity index (χ0n) is 18.8. The van der Waals surface area contributed by atoms with Crippen LogP contribution < -0.4 is 26.8 Å². The highest BCUT2D eigenvalue weighted by molar-refractivity contribution is 5.82. The summed E-state index contributed by atoms with van der Waals surface area (Å²) in [7, 11) is 1.58. The minimum atomic E-state index is -0.637. The van der Waals surface area contributed by atoms with Crippen molar-refractivity contribution < 1.29 is 9.72 Å². The molecule has 1 saturated heterocycles. The number of aromatic amines is 1. The van der Waals surface area contributed by atoms with E-state index in [2.05, 4.69) is 4.98 Å². The van der Waals surface area contributed by atoms with Crippen LogP contribution in [-0.4, -0.2) is 65.1 Å². The van der Waals surface area contributed by atoms with Gasteiger partial charge in [0, 0.05) is 45.8 Å². The average molecular weight is 460 g/mol. The van der Waals surface area contributed by atoms with E-state index in [1.807, 2.05) is 11.8 Å². The van der Waals surface area contributed by atoms with Gasteiger partial charge in [0.25, 0.3) is 11.2 Å². The van der Waals surface area contributed by atoms with Crippen molar-refractivity contribution in [2.24, 2.45) is 0 Å². The number of rotatable bonds is 8. The molecule has 1 aliphatic heterocycles. The molecular formula is C21H29N7O5. The molecule has 2 heterocycles. The summed E-state index contributed by atoms with van der Waals surface area (Å²) in [4.78, 5) is 55.5. The Morgan fingerprint density at radius 1 is 1.21 bits per heavy atom. The Bertz CT molecular complexity index is 1130. The number of aromatic nitrogens is 2. The molecule has 0 saturated carbocycles. The largest absolute Gasteiger partial charge is 0.383 e. The van der Waals surface area contributed by atoms with E-state index in [0.717, 1.165) is 12.8 Å². The second kappa shape index (κ2) is 10.2. The first-order valence-corrected chi connectivity index (χ1v) is 10.8. The van der Waals surface area contributed by atoms with Gasteiger partial charge in [-0.2, -0.15) is 0 Å². The maximum Gasteiger partial charge on any atom is 0.330 e. The fraction of sp³-hybridized carbons (Fsp3) is 0.476. The number of carbonyl (C=O) groups is 1. The van der Waals surface area contributed by atoms with Gasteiger partial charge in [-0.1, -0.05) is 25.5 Å². The first kappa shape index (κ1) is 23.8. The first-order valence-electron chi connectivity index (χ1n) is 10.8. The number of piperazine rings is 1. The number of nitrogens with two attached hydrogens (primary N) is 1. The number of hydrogen-bond acceptors (Lipinski definition) is 8. The highest BCUT2D eigenvalue weighted by atomic mass is 16.6. The van der Waals surface area contributed by atoms with Crippen molar-refractivity contribution in [3.63, 3.8) is 0 Å². The summed E-state index contributed by atoms with van der Waals surface area (Å²) >= 11 is 0. The Kier molecular flexibility index (Phi) is 7.36. The number of likely N-dealkylation sites (N-methyl/N-ethyl adjacent to an activating group) is 1. The summed E-state index contributed by atoms with van der Waals surface area (Å²) in [5.74, 6) is -0.168. The van der Waals surface area contributed by atoms with Crippen LogP contribution in [0.1, 0.15) is 19.8 Å². The maximum atomic E-state index is 12.9. The SMILES string of the molecule is CCCCn1c(N)c(N(C)CC(=O)N2CCN(c3ccccc3[N+](=O)[O-])CC2)c(=O)[nH]c1=O. The minimum Gasteiger partial charge on any atom is -0.383 e. The van der Waals surface area contributed by atoms with Crippen LogP contribution in [0.3, 0.4) is 0 Å². The van der Waals surface area contributed by atoms with Gasteiger partial charge in [-0.3, -0.25) is 29.3 Å². The molecule has 3 rings (SSSR count).